The summed E-state index contributed by atoms with van der Waals surface area (Å²) < 4.78 is 5.23. The van der Waals surface area contributed by atoms with Gasteiger partial charge in [-0.2, -0.15) is 0 Å². The molecule has 0 radical (unpaired) electrons. The van der Waals surface area contributed by atoms with E-state index in [2.05, 4.69) is 10.2 Å². The van der Waals surface area contributed by atoms with E-state index >= 15 is 0 Å². The van der Waals surface area contributed by atoms with E-state index in [1.165, 1.54) is 11.8 Å². The van der Waals surface area contributed by atoms with Gasteiger partial charge in [0.25, 0.3) is 5.22 Å². The van der Waals surface area contributed by atoms with E-state index in [4.69, 9.17) is 15.9 Å². The Bertz CT molecular complexity index is 483. The van der Waals surface area contributed by atoms with Gasteiger partial charge in [-0.05, 0) is 30.0 Å². The largest absolute Gasteiger partial charge is 0.416 e. The zero-order chi connectivity index (χ0) is 10.8. The lowest BCUT2D eigenvalue weighted by Gasteiger charge is -2.01. The van der Waals surface area contributed by atoms with Gasteiger partial charge in [-0.15, -0.1) is 10.2 Å². The highest BCUT2D eigenvalue weighted by atomic mass is 32.2. The van der Waals surface area contributed by atoms with Crippen molar-refractivity contribution in [3.05, 3.63) is 24.1 Å². The fraction of sp³-hybridized carbons (Fsp3) is 0.111. The lowest BCUT2D eigenvalue weighted by Crippen LogP contribution is -1.93. The van der Waals surface area contributed by atoms with Crippen molar-refractivity contribution in [2.24, 2.45) is 0 Å². The van der Waals surface area contributed by atoms with E-state index in [9.17, 15) is 0 Å². The Morgan fingerprint density at radius 3 is 2.60 bits per heavy atom. The summed E-state index contributed by atoms with van der Waals surface area (Å²) in [6.07, 6.45) is 0. The number of aromatic nitrogens is 2. The van der Waals surface area contributed by atoms with Crippen LogP contribution < -0.4 is 11.5 Å². The third-order valence-electron chi connectivity index (χ3n) is 1.77. The van der Waals surface area contributed by atoms with Gasteiger partial charge in [0.15, 0.2) is 0 Å². The lowest BCUT2D eigenvalue weighted by molar-refractivity contribution is 0.429. The maximum Gasteiger partial charge on any atom is 0.281 e. The van der Waals surface area contributed by atoms with Crippen LogP contribution in [0.1, 0.15) is 5.89 Å². The zero-order valence-corrected chi connectivity index (χ0v) is 8.91. The van der Waals surface area contributed by atoms with Crippen LogP contribution in [-0.4, -0.2) is 10.2 Å². The first-order chi connectivity index (χ1) is 7.15. The second-order valence-corrected chi connectivity index (χ2v) is 4.00. The highest BCUT2D eigenvalue weighted by molar-refractivity contribution is 7.99. The monoisotopic (exact) mass is 222 g/mol. The topological polar surface area (TPSA) is 91.0 Å². The molecule has 1 heterocycles. The average molecular weight is 222 g/mol. The van der Waals surface area contributed by atoms with Crippen molar-refractivity contribution in [2.45, 2.75) is 17.0 Å². The van der Waals surface area contributed by atoms with Gasteiger partial charge in [0.1, 0.15) is 0 Å². The summed E-state index contributed by atoms with van der Waals surface area (Å²) in [5, 5.41) is 8.09. The first kappa shape index (κ1) is 9.85. The quantitative estimate of drug-likeness (QED) is 0.751. The molecular formula is C9H10N4OS. The summed E-state index contributed by atoms with van der Waals surface area (Å²) in [6.45, 7) is 1.74. The summed E-state index contributed by atoms with van der Waals surface area (Å²) in [5.41, 5.74) is 12.4. The first-order valence-electron chi connectivity index (χ1n) is 4.28. The van der Waals surface area contributed by atoms with Gasteiger partial charge in [-0.25, -0.2) is 0 Å². The minimum absolute atomic E-state index is 0.497. The maximum atomic E-state index is 5.67. The van der Waals surface area contributed by atoms with Crippen LogP contribution in [0.3, 0.4) is 0 Å². The number of nitrogen functional groups attached to an aromatic ring is 2. The van der Waals surface area contributed by atoms with Crippen molar-refractivity contribution in [1.82, 2.24) is 10.2 Å². The summed E-state index contributed by atoms with van der Waals surface area (Å²) in [4.78, 5) is 0.922. The Balaban J connectivity index is 2.21. The number of nitrogens with two attached hydrogens (primary N) is 2. The molecule has 4 N–H and O–H groups in total. The normalized spacial score (nSPS) is 10.5. The minimum Gasteiger partial charge on any atom is -0.416 e. The second kappa shape index (κ2) is 3.82. The molecule has 0 saturated heterocycles. The van der Waals surface area contributed by atoms with Gasteiger partial charge >= 0.3 is 0 Å². The van der Waals surface area contributed by atoms with E-state index in [1.54, 1.807) is 19.1 Å². The molecule has 0 unspecified atom stereocenters. The molecule has 0 amide bonds. The zero-order valence-electron chi connectivity index (χ0n) is 8.10. The van der Waals surface area contributed by atoms with Crippen LogP contribution >= 0.6 is 11.8 Å². The van der Waals surface area contributed by atoms with Crippen LogP contribution in [0.5, 0.6) is 0 Å². The molecule has 78 valence electrons. The number of nitrogens with zero attached hydrogens (tertiary/aromatic N) is 2. The Morgan fingerprint density at radius 1 is 1.20 bits per heavy atom. The Hall–Kier alpha value is -1.69. The lowest BCUT2D eigenvalue weighted by atomic mass is 10.3. The molecule has 0 atom stereocenters. The van der Waals surface area contributed by atoms with E-state index in [1.807, 2.05) is 6.07 Å². The maximum absolute atomic E-state index is 5.67. The Labute approximate surface area is 90.9 Å². The number of rotatable bonds is 2. The predicted octanol–water partition coefficient (Wildman–Crippen LogP) is 1.69. The predicted molar refractivity (Wildman–Crippen MR) is 58.4 cm³/mol. The van der Waals surface area contributed by atoms with Crippen LogP contribution in [0.25, 0.3) is 0 Å². The molecule has 6 heteroatoms. The van der Waals surface area contributed by atoms with Gasteiger partial charge in [0.2, 0.25) is 5.89 Å². The fourth-order valence-electron chi connectivity index (χ4n) is 1.04. The summed E-state index contributed by atoms with van der Waals surface area (Å²) >= 11 is 1.36. The van der Waals surface area contributed by atoms with Crippen molar-refractivity contribution < 1.29 is 4.42 Å². The smallest absolute Gasteiger partial charge is 0.281 e. The SMILES string of the molecule is Cc1nnc(Sc2ccc(N)c(N)c2)o1. The molecule has 1 aromatic heterocycles. The standard InChI is InChI=1S/C9H10N4OS/c1-5-12-13-9(14-5)15-6-2-3-7(10)8(11)4-6/h2-4H,10-11H2,1H3. The highest BCUT2D eigenvalue weighted by Crippen LogP contribution is 2.29. The second-order valence-electron chi connectivity index (χ2n) is 2.98. The van der Waals surface area contributed by atoms with E-state index in [0.717, 1.165) is 4.90 Å². The van der Waals surface area contributed by atoms with Gasteiger partial charge in [0, 0.05) is 11.8 Å². The molecular weight excluding hydrogens is 212 g/mol. The van der Waals surface area contributed by atoms with Crippen LogP contribution in [-0.2, 0) is 0 Å². The summed E-state index contributed by atoms with van der Waals surface area (Å²) in [7, 11) is 0. The van der Waals surface area contributed by atoms with Crippen molar-refractivity contribution in [3.8, 4) is 0 Å². The molecule has 0 aliphatic rings. The van der Waals surface area contributed by atoms with E-state index in [-0.39, 0.29) is 0 Å². The van der Waals surface area contributed by atoms with Crippen LogP contribution in [0, 0.1) is 6.92 Å². The Kier molecular flexibility index (Phi) is 2.51. The van der Waals surface area contributed by atoms with E-state index < -0.39 is 0 Å². The third kappa shape index (κ3) is 2.21. The third-order valence-corrected chi connectivity index (χ3v) is 2.60. The van der Waals surface area contributed by atoms with E-state index in [0.29, 0.717) is 22.5 Å². The minimum atomic E-state index is 0.497. The summed E-state index contributed by atoms with van der Waals surface area (Å²) in [6, 6.07) is 5.39. The molecule has 2 aromatic rings. The first-order valence-corrected chi connectivity index (χ1v) is 5.10. The summed E-state index contributed by atoms with van der Waals surface area (Å²) in [5.74, 6) is 0.543. The molecule has 15 heavy (non-hydrogen) atoms. The van der Waals surface area contributed by atoms with Crippen molar-refractivity contribution in [2.75, 3.05) is 11.5 Å². The molecule has 0 saturated carbocycles. The molecule has 0 fully saturated rings. The molecule has 0 aliphatic heterocycles. The molecule has 0 spiro atoms. The Morgan fingerprint density at radius 2 is 2.00 bits per heavy atom. The van der Waals surface area contributed by atoms with Crippen molar-refractivity contribution in [3.63, 3.8) is 0 Å². The molecule has 0 bridgehead atoms. The highest BCUT2D eigenvalue weighted by Gasteiger charge is 2.05. The number of anilines is 2. The molecule has 5 nitrogen and oxygen atoms in total. The number of hydrogen-bond donors (Lipinski definition) is 2. The average Bonchev–Trinajstić information content (AvgIpc) is 2.58. The van der Waals surface area contributed by atoms with Gasteiger partial charge < -0.3 is 15.9 Å². The molecule has 2 rings (SSSR count). The fourth-order valence-corrected chi connectivity index (χ4v) is 1.80. The number of aryl methyl sites for hydroxylation is 1. The van der Waals surface area contributed by atoms with Crippen LogP contribution in [0.4, 0.5) is 11.4 Å². The van der Waals surface area contributed by atoms with Crippen LogP contribution in [0.2, 0.25) is 0 Å². The van der Waals surface area contributed by atoms with Gasteiger partial charge in [-0.3, -0.25) is 0 Å². The van der Waals surface area contributed by atoms with Crippen molar-refractivity contribution in [1.29, 1.82) is 0 Å². The molecule has 0 aliphatic carbocycles. The van der Waals surface area contributed by atoms with Crippen molar-refractivity contribution >= 4 is 23.1 Å². The number of benzene rings is 1. The van der Waals surface area contributed by atoms with Crippen LogP contribution in [0.15, 0.2) is 32.7 Å². The number of hydrogen-bond acceptors (Lipinski definition) is 6. The van der Waals surface area contributed by atoms with Gasteiger partial charge in [0.05, 0.1) is 11.4 Å². The van der Waals surface area contributed by atoms with Gasteiger partial charge in [-0.1, -0.05) is 0 Å². The molecule has 1 aromatic carbocycles.